The van der Waals surface area contributed by atoms with Crippen LogP contribution < -0.4 is 5.32 Å². The third-order valence-electron chi connectivity index (χ3n) is 2.03. The van der Waals surface area contributed by atoms with Gasteiger partial charge in [-0.05, 0) is 17.7 Å². The van der Waals surface area contributed by atoms with Gasteiger partial charge in [0.1, 0.15) is 11.6 Å². The molecule has 1 aromatic heterocycles. The number of nitrogens with zero attached hydrogens (tertiary/aromatic N) is 1. The summed E-state index contributed by atoms with van der Waals surface area (Å²) in [6, 6.07) is 8.21. The number of benzene rings is 1. The van der Waals surface area contributed by atoms with Crippen LogP contribution >= 0.6 is 0 Å². The van der Waals surface area contributed by atoms with Crippen molar-refractivity contribution in [3.63, 3.8) is 0 Å². The van der Waals surface area contributed by atoms with Gasteiger partial charge in [-0.1, -0.05) is 17.3 Å². The van der Waals surface area contributed by atoms with Crippen molar-refractivity contribution >= 4 is 0 Å². The molecule has 78 valence electrons. The molecule has 1 aromatic carbocycles. The van der Waals surface area contributed by atoms with Crippen molar-refractivity contribution in [2.45, 2.75) is 13.1 Å². The van der Waals surface area contributed by atoms with Gasteiger partial charge in [-0.15, -0.1) is 0 Å². The SMILES string of the molecule is Fc1ccc(CNCc2ccno2)cc1. The fourth-order valence-corrected chi connectivity index (χ4v) is 1.27. The molecule has 1 heterocycles. The summed E-state index contributed by atoms with van der Waals surface area (Å²) in [4.78, 5) is 0. The Morgan fingerprint density at radius 3 is 2.60 bits per heavy atom. The lowest BCUT2D eigenvalue weighted by atomic mass is 10.2. The van der Waals surface area contributed by atoms with Gasteiger partial charge in [0.05, 0.1) is 12.7 Å². The third-order valence-corrected chi connectivity index (χ3v) is 2.03. The second-order valence-electron chi connectivity index (χ2n) is 3.21. The van der Waals surface area contributed by atoms with Gasteiger partial charge in [0.25, 0.3) is 0 Å². The fraction of sp³-hybridized carbons (Fsp3) is 0.182. The summed E-state index contributed by atoms with van der Waals surface area (Å²) < 4.78 is 17.5. The van der Waals surface area contributed by atoms with Crippen LogP contribution in [-0.2, 0) is 13.1 Å². The second-order valence-corrected chi connectivity index (χ2v) is 3.21. The zero-order valence-corrected chi connectivity index (χ0v) is 8.11. The summed E-state index contributed by atoms with van der Waals surface area (Å²) in [5.41, 5.74) is 1.04. The van der Waals surface area contributed by atoms with Crippen LogP contribution in [0.15, 0.2) is 41.1 Å². The Morgan fingerprint density at radius 2 is 1.93 bits per heavy atom. The molecule has 1 N–H and O–H groups in total. The fourth-order valence-electron chi connectivity index (χ4n) is 1.27. The van der Waals surface area contributed by atoms with E-state index in [1.165, 1.54) is 12.1 Å². The summed E-state index contributed by atoms with van der Waals surface area (Å²) in [5, 5.41) is 6.76. The Morgan fingerprint density at radius 1 is 1.13 bits per heavy atom. The van der Waals surface area contributed by atoms with E-state index < -0.39 is 0 Å². The zero-order chi connectivity index (χ0) is 10.5. The molecule has 0 unspecified atom stereocenters. The predicted molar refractivity (Wildman–Crippen MR) is 53.4 cm³/mol. The first-order chi connectivity index (χ1) is 7.34. The number of hydrogen-bond donors (Lipinski definition) is 1. The zero-order valence-electron chi connectivity index (χ0n) is 8.11. The smallest absolute Gasteiger partial charge is 0.150 e. The second kappa shape index (κ2) is 4.70. The molecular formula is C11H11FN2O. The Labute approximate surface area is 86.9 Å². The number of hydrogen-bond acceptors (Lipinski definition) is 3. The molecule has 2 rings (SSSR count). The number of rotatable bonds is 4. The number of halogens is 1. The van der Waals surface area contributed by atoms with Crippen LogP contribution in [0.5, 0.6) is 0 Å². The van der Waals surface area contributed by atoms with E-state index in [2.05, 4.69) is 10.5 Å². The molecule has 0 aliphatic heterocycles. The largest absolute Gasteiger partial charge is 0.360 e. The molecule has 0 fully saturated rings. The monoisotopic (exact) mass is 206 g/mol. The first-order valence-corrected chi connectivity index (χ1v) is 4.69. The van der Waals surface area contributed by atoms with Gasteiger partial charge < -0.3 is 9.84 Å². The van der Waals surface area contributed by atoms with Gasteiger partial charge in [-0.3, -0.25) is 0 Å². The summed E-state index contributed by atoms with van der Waals surface area (Å²) in [7, 11) is 0. The lowest BCUT2D eigenvalue weighted by Gasteiger charge is -2.01. The Kier molecular flexibility index (Phi) is 3.09. The molecule has 15 heavy (non-hydrogen) atoms. The summed E-state index contributed by atoms with van der Waals surface area (Å²) >= 11 is 0. The summed E-state index contributed by atoms with van der Waals surface area (Å²) in [6.45, 7) is 1.30. The van der Waals surface area contributed by atoms with Gasteiger partial charge in [0.15, 0.2) is 0 Å². The van der Waals surface area contributed by atoms with Crippen molar-refractivity contribution < 1.29 is 8.91 Å². The van der Waals surface area contributed by atoms with Crippen molar-refractivity contribution in [1.82, 2.24) is 10.5 Å². The van der Waals surface area contributed by atoms with Crippen LogP contribution in [0.3, 0.4) is 0 Å². The van der Waals surface area contributed by atoms with Crippen LogP contribution in [-0.4, -0.2) is 5.16 Å². The highest BCUT2D eigenvalue weighted by Gasteiger charge is 1.97. The number of nitrogens with one attached hydrogen (secondary N) is 1. The highest BCUT2D eigenvalue weighted by molar-refractivity contribution is 5.15. The minimum absolute atomic E-state index is 0.214. The maximum atomic E-state index is 12.6. The Bertz CT molecular complexity index is 397. The molecule has 0 saturated carbocycles. The van der Waals surface area contributed by atoms with Gasteiger partial charge >= 0.3 is 0 Å². The van der Waals surface area contributed by atoms with E-state index in [1.54, 1.807) is 24.4 Å². The third kappa shape index (κ3) is 2.89. The predicted octanol–water partition coefficient (Wildman–Crippen LogP) is 2.10. The topological polar surface area (TPSA) is 38.1 Å². The van der Waals surface area contributed by atoms with Crippen molar-refractivity contribution in [3.8, 4) is 0 Å². The van der Waals surface area contributed by atoms with Gasteiger partial charge in [-0.25, -0.2) is 4.39 Å². The molecule has 0 atom stereocenters. The average molecular weight is 206 g/mol. The van der Waals surface area contributed by atoms with Gasteiger partial charge in [0.2, 0.25) is 0 Å². The minimum Gasteiger partial charge on any atom is -0.360 e. The van der Waals surface area contributed by atoms with E-state index in [-0.39, 0.29) is 5.82 Å². The normalized spacial score (nSPS) is 10.5. The molecule has 0 radical (unpaired) electrons. The lowest BCUT2D eigenvalue weighted by Crippen LogP contribution is -2.11. The minimum atomic E-state index is -0.214. The van der Waals surface area contributed by atoms with Crippen LogP contribution in [0.4, 0.5) is 4.39 Å². The molecule has 0 aliphatic rings. The van der Waals surface area contributed by atoms with Crippen LogP contribution in [0.1, 0.15) is 11.3 Å². The van der Waals surface area contributed by atoms with Gasteiger partial charge in [0, 0.05) is 12.6 Å². The Hall–Kier alpha value is -1.68. The van der Waals surface area contributed by atoms with Crippen LogP contribution in [0.2, 0.25) is 0 Å². The molecule has 0 bridgehead atoms. The van der Waals surface area contributed by atoms with Crippen molar-refractivity contribution in [3.05, 3.63) is 53.7 Å². The van der Waals surface area contributed by atoms with E-state index in [1.807, 2.05) is 0 Å². The van der Waals surface area contributed by atoms with Crippen molar-refractivity contribution in [2.24, 2.45) is 0 Å². The maximum Gasteiger partial charge on any atom is 0.150 e. The standard InChI is InChI=1S/C11H11FN2O/c12-10-3-1-9(2-4-10)7-13-8-11-5-6-14-15-11/h1-6,13H,7-8H2. The molecule has 0 saturated heterocycles. The summed E-state index contributed by atoms with van der Waals surface area (Å²) in [6.07, 6.45) is 1.61. The van der Waals surface area contributed by atoms with Crippen LogP contribution in [0.25, 0.3) is 0 Å². The molecule has 4 heteroatoms. The molecule has 0 amide bonds. The maximum absolute atomic E-state index is 12.6. The van der Waals surface area contributed by atoms with E-state index >= 15 is 0 Å². The first-order valence-electron chi connectivity index (χ1n) is 4.69. The van der Waals surface area contributed by atoms with Crippen molar-refractivity contribution in [2.75, 3.05) is 0 Å². The quantitative estimate of drug-likeness (QED) is 0.832. The highest BCUT2D eigenvalue weighted by atomic mass is 19.1. The molecule has 0 aliphatic carbocycles. The van der Waals surface area contributed by atoms with E-state index in [4.69, 9.17) is 4.52 Å². The first kappa shape index (κ1) is 9.86. The average Bonchev–Trinajstić information content (AvgIpc) is 2.74. The highest BCUT2D eigenvalue weighted by Crippen LogP contribution is 2.03. The number of aromatic nitrogens is 1. The molecule has 0 spiro atoms. The van der Waals surface area contributed by atoms with Gasteiger partial charge in [-0.2, -0.15) is 0 Å². The van der Waals surface area contributed by atoms with E-state index in [0.717, 1.165) is 11.3 Å². The van der Waals surface area contributed by atoms with E-state index in [0.29, 0.717) is 13.1 Å². The van der Waals surface area contributed by atoms with Crippen LogP contribution in [0, 0.1) is 5.82 Å². The lowest BCUT2D eigenvalue weighted by molar-refractivity contribution is 0.373. The molecule has 3 nitrogen and oxygen atoms in total. The van der Waals surface area contributed by atoms with Crippen molar-refractivity contribution in [1.29, 1.82) is 0 Å². The summed E-state index contributed by atoms with van der Waals surface area (Å²) in [5.74, 6) is 0.575. The molecular weight excluding hydrogens is 195 g/mol. The molecule has 2 aromatic rings. The Balaban J connectivity index is 1.81. The van der Waals surface area contributed by atoms with E-state index in [9.17, 15) is 4.39 Å².